The summed E-state index contributed by atoms with van der Waals surface area (Å²) < 4.78 is 1.55. The largest absolute Gasteiger partial charge is 0.295 e. The molecule has 26 heavy (non-hydrogen) atoms. The first-order chi connectivity index (χ1) is 12.4. The Hall–Kier alpha value is -3.08. The maximum absolute atomic E-state index is 12.7. The number of anilines is 1. The fourth-order valence-corrected chi connectivity index (χ4v) is 2.74. The van der Waals surface area contributed by atoms with E-state index < -0.39 is 0 Å². The predicted octanol–water partition coefficient (Wildman–Crippen LogP) is 4.15. The zero-order chi connectivity index (χ0) is 18.8. The van der Waals surface area contributed by atoms with Crippen LogP contribution in [-0.4, -0.2) is 16.0 Å². The SMILES string of the molecule is Cc1ccc(NN=Cc2c(C)[nH]n(-c3ccc(C)c(C)c3)c2=O)cc1C. The second kappa shape index (κ2) is 7.04. The van der Waals surface area contributed by atoms with Gasteiger partial charge in [0, 0.05) is 5.69 Å². The molecule has 0 aliphatic carbocycles. The van der Waals surface area contributed by atoms with Crippen LogP contribution in [0.4, 0.5) is 5.69 Å². The van der Waals surface area contributed by atoms with Gasteiger partial charge in [-0.3, -0.25) is 15.3 Å². The molecule has 5 nitrogen and oxygen atoms in total. The molecule has 2 aromatic carbocycles. The summed E-state index contributed by atoms with van der Waals surface area (Å²) >= 11 is 0. The highest BCUT2D eigenvalue weighted by molar-refractivity contribution is 5.81. The lowest BCUT2D eigenvalue weighted by atomic mass is 10.1. The number of rotatable bonds is 4. The van der Waals surface area contributed by atoms with Crippen LogP contribution in [0.15, 0.2) is 46.3 Å². The Kier molecular flexibility index (Phi) is 4.80. The second-order valence-electron chi connectivity index (χ2n) is 6.73. The summed E-state index contributed by atoms with van der Waals surface area (Å²) in [4.78, 5) is 12.7. The van der Waals surface area contributed by atoms with Crippen molar-refractivity contribution in [2.45, 2.75) is 34.6 Å². The molecule has 0 aliphatic heterocycles. The fraction of sp³-hybridized carbons (Fsp3) is 0.238. The van der Waals surface area contributed by atoms with E-state index in [0.717, 1.165) is 22.6 Å². The monoisotopic (exact) mass is 348 g/mol. The van der Waals surface area contributed by atoms with Crippen LogP contribution in [0.3, 0.4) is 0 Å². The van der Waals surface area contributed by atoms with E-state index in [4.69, 9.17) is 0 Å². The van der Waals surface area contributed by atoms with Gasteiger partial charge in [-0.15, -0.1) is 0 Å². The molecule has 1 heterocycles. The Morgan fingerprint density at radius 3 is 2.23 bits per heavy atom. The van der Waals surface area contributed by atoms with Crippen LogP contribution in [0.25, 0.3) is 5.69 Å². The summed E-state index contributed by atoms with van der Waals surface area (Å²) in [6.45, 7) is 10.1. The van der Waals surface area contributed by atoms with Gasteiger partial charge in [-0.25, -0.2) is 4.68 Å². The summed E-state index contributed by atoms with van der Waals surface area (Å²) in [5.41, 5.74) is 10.7. The maximum atomic E-state index is 12.7. The molecular weight excluding hydrogens is 324 g/mol. The average molecular weight is 348 g/mol. The second-order valence-corrected chi connectivity index (χ2v) is 6.73. The Balaban J connectivity index is 1.87. The van der Waals surface area contributed by atoms with Crippen molar-refractivity contribution >= 4 is 11.9 Å². The number of H-pyrrole nitrogens is 1. The van der Waals surface area contributed by atoms with Crippen LogP contribution >= 0.6 is 0 Å². The van der Waals surface area contributed by atoms with E-state index in [1.165, 1.54) is 16.7 Å². The van der Waals surface area contributed by atoms with Crippen LogP contribution < -0.4 is 11.0 Å². The molecule has 0 unspecified atom stereocenters. The third-order valence-electron chi connectivity index (χ3n) is 4.76. The Morgan fingerprint density at radius 2 is 1.58 bits per heavy atom. The lowest BCUT2D eigenvalue weighted by molar-refractivity contribution is 0.833. The first kappa shape index (κ1) is 17.7. The van der Waals surface area contributed by atoms with Crippen molar-refractivity contribution in [1.29, 1.82) is 0 Å². The first-order valence-corrected chi connectivity index (χ1v) is 8.62. The van der Waals surface area contributed by atoms with E-state index in [1.54, 1.807) is 10.9 Å². The normalized spacial score (nSPS) is 11.3. The summed E-state index contributed by atoms with van der Waals surface area (Å²) in [7, 11) is 0. The Bertz CT molecular complexity index is 1040. The quantitative estimate of drug-likeness (QED) is 0.549. The summed E-state index contributed by atoms with van der Waals surface area (Å²) in [5.74, 6) is 0. The average Bonchev–Trinajstić information content (AvgIpc) is 2.88. The third kappa shape index (κ3) is 3.47. The van der Waals surface area contributed by atoms with Gasteiger partial charge in [0.15, 0.2) is 0 Å². The van der Waals surface area contributed by atoms with Gasteiger partial charge in [0.2, 0.25) is 0 Å². The molecule has 0 radical (unpaired) electrons. The molecule has 0 saturated heterocycles. The van der Waals surface area contributed by atoms with Crippen LogP contribution in [-0.2, 0) is 0 Å². The number of benzene rings is 2. The number of hydrogen-bond acceptors (Lipinski definition) is 3. The van der Waals surface area contributed by atoms with Crippen molar-refractivity contribution in [3.63, 3.8) is 0 Å². The van der Waals surface area contributed by atoms with Gasteiger partial charge in [-0.05, 0) is 81.1 Å². The van der Waals surface area contributed by atoms with Crippen molar-refractivity contribution in [3.05, 3.63) is 80.3 Å². The molecule has 1 aromatic heterocycles. The number of hydrogen-bond donors (Lipinski definition) is 2. The van der Waals surface area contributed by atoms with Gasteiger partial charge in [0.1, 0.15) is 0 Å². The molecule has 0 fully saturated rings. The highest BCUT2D eigenvalue weighted by atomic mass is 16.1. The third-order valence-corrected chi connectivity index (χ3v) is 4.76. The number of aromatic nitrogens is 2. The molecule has 5 heteroatoms. The van der Waals surface area contributed by atoms with Crippen LogP contribution in [0.5, 0.6) is 0 Å². The molecule has 0 aliphatic rings. The number of aromatic amines is 1. The van der Waals surface area contributed by atoms with E-state index in [9.17, 15) is 4.79 Å². The lowest BCUT2D eigenvalue weighted by Gasteiger charge is -2.05. The minimum Gasteiger partial charge on any atom is -0.295 e. The zero-order valence-electron chi connectivity index (χ0n) is 15.8. The fourth-order valence-electron chi connectivity index (χ4n) is 2.74. The molecule has 3 rings (SSSR count). The lowest BCUT2D eigenvalue weighted by Crippen LogP contribution is -2.17. The molecule has 0 amide bonds. The highest BCUT2D eigenvalue weighted by Gasteiger charge is 2.11. The van der Waals surface area contributed by atoms with Crippen molar-refractivity contribution in [1.82, 2.24) is 9.78 Å². The molecule has 0 atom stereocenters. The molecule has 134 valence electrons. The summed E-state index contributed by atoms with van der Waals surface area (Å²) in [6, 6.07) is 12.0. The van der Waals surface area contributed by atoms with Gasteiger partial charge in [0.05, 0.1) is 23.2 Å². The predicted molar refractivity (Wildman–Crippen MR) is 108 cm³/mol. The standard InChI is InChI=1S/C21H24N4O/c1-13-6-8-18(10-15(13)3)23-22-12-20-17(5)24-25(21(20)26)19-9-7-14(2)16(4)11-19/h6-12,23-24H,1-5H3. The zero-order valence-corrected chi connectivity index (χ0v) is 15.8. The van der Waals surface area contributed by atoms with Crippen LogP contribution in [0.2, 0.25) is 0 Å². The number of hydrazone groups is 1. The minimum atomic E-state index is -0.114. The number of nitrogens with zero attached hydrogens (tertiary/aromatic N) is 2. The molecular formula is C21H24N4O. The van der Waals surface area contributed by atoms with Crippen molar-refractivity contribution < 1.29 is 0 Å². The summed E-state index contributed by atoms with van der Waals surface area (Å²) in [5, 5.41) is 7.36. The first-order valence-electron chi connectivity index (χ1n) is 8.62. The molecule has 2 N–H and O–H groups in total. The van der Waals surface area contributed by atoms with Crippen molar-refractivity contribution in [3.8, 4) is 5.69 Å². The highest BCUT2D eigenvalue weighted by Crippen LogP contribution is 2.15. The van der Waals surface area contributed by atoms with E-state index in [2.05, 4.69) is 36.4 Å². The van der Waals surface area contributed by atoms with E-state index >= 15 is 0 Å². The number of aryl methyl sites for hydroxylation is 5. The van der Waals surface area contributed by atoms with Gasteiger partial charge in [0.25, 0.3) is 5.56 Å². The summed E-state index contributed by atoms with van der Waals surface area (Å²) in [6.07, 6.45) is 1.57. The minimum absolute atomic E-state index is 0.114. The van der Waals surface area contributed by atoms with Crippen LogP contribution in [0.1, 0.15) is 33.5 Å². The van der Waals surface area contributed by atoms with Gasteiger partial charge >= 0.3 is 0 Å². The molecule has 3 aromatic rings. The molecule has 0 bridgehead atoms. The van der Waals surface area contributed by atoms with E-state index in [-0.39, 0.29) is 5.56 Å². The van der Waals surface area contributed by atoms with Gasteiger partial charge < -0.3 is 0 Å². The van der Waals surface area contributed by atoms with Gasteiger partial charge in [-0.2, -0.15) is 5.10 Å². The topological polar surface area (TPSA) is 62.2 Å². The van der Waals surface area contributed by atoms with Crippen molar-refractivity contribution in [2.75, 3.05) is 5.43 Å². The van der Waals surface area contributed by atoms with E-state index in [0.29, 0.717) is 5.56 Å². The van der Waals surface area contributed by atoms with Crippen LogP contribution in [0, 0.1) is 34.6 Å². The molecule has 0 saturated carbocycles. The Morgan fingerprint density at radius 1 is 0.923 bits per heavy atom. The number of nitrogens with one attached hydrogen (secondary N) is 2. The van der Waals surface area contributed by atoms with Crippen molar-refractivity contribution in [2.24, 2.45) is 5.10 Å². The maximum Gasteiger partial charge on any atom is 0.280 e. The smallest absolute Gasteiger partial charge is 0.280 e. The Labute approximate surface area is 153 Å². The molecule has 0 spiro atoms. The van der Waals surface area contributed by atoms with Gasteiger partial charge in [-0.1, -0.05) is 12.1 Å². The van der Waals surface area contributed by atoms with E-state index in [1.807, 2.05) is 50.2 Å².